The highest BCUT2D eigenvalue weighted by Gasteiger charge is 2.19. The highest BCUT2D eigenvalue weighted by Crippen LogP contribution is 2.20. The fraction of sp³-hybridized carbons (Fsp3) is 0.500. The summed E-state index contributed by atoms with van der Waals surface area (Å²) in [5.41, 5.74) is 4.57. The molecular formula is C14H20F2N2O2. The van der Waals surface area contributed by atoms with Crippen molar-refractivity contribution < 1.29 is 18.7 Å². The molecule has 0 saturated heterocycles. The molecular weight excluding hydrogens is 266 g/mol. The molecule has 1 unspecified atom stereocenters. The van der Waals surface area contributed by atoms with E-state index in [0.29, 0.717) is 12.5 Å². The number of benzene rings is 1. The predicted molar refractivity (Wildman–Crippen MR) is 73.2 cm³/mol. The average molecular weight is 286 g/mol. The number of halogens is 2. The van der Waals surface area contributed by atoms with Gasteiger partial charge in [-0.05, 0) is 17.9 Å². The fourth-order valence-corrected chi connectivity index (χ4v) is 1.82. The molecule has 0 fully saturated rings. The number of nitrogens with two attached hydrogens (primary N) is 1. The third-order valence-corrected chi connectivity index (χ3v) is 2.68. The van der Waals surface area contributed by atoms with Crippen LogP contribution < -0.4 is 11.1 Å². The number of anilines is 1. The molecule has 0 heterocycles. The Morgan fingerprint density at radius 2 is 1.95 bits per heavy atom. The molecule has 0 saturated carbocycles. The summed E-state index contributed by atoms with van der Waals surface area (Å²) in [5.74, 6) is -2.63. The minimum absolute atomic E-state index is 0.00712. The molecule has 1 amide bonds. The molecule has 1 atom stereocenters. The summed E-state index contributed by atoms with van der Waals surface area (Å²) in [6.45, 7) is 5.86. The number of hydrogen-bond donors (Lipinski definition) is 3. The first-order valence-corrected chi connectivity index (χ1v) is 6.31. The van der Waals surface area contributed by atoms with E-state index < -0.39 is 23.6 Å². The lowest BCUT2D eigenvalue weighted by Crippen LogP contribution is -2.34. The molecule has 0 aromatic heterocycles. The normalized spacial score (nSPS) is 13.1. The maximum Gasteiger partial charge on any atom is 0.254 e. The molecule has 1 rings (SSSR count). The van der Waals surface area contributed by atoms with Crippen LogP contribution in [0.25, 0.3) is 0 Å². The van der Waals surface area contributed by atoms with Crippen molar-refractivity contribution in [3.05, 3.63) is 29.3 Å². The van der Waals surface area contributed by atoms with E-state index in [1.807, 2.05) is 20.8 Å². The lowest BCUT2D eigenvalue weighted by molar-refractivity contribution is 0.0865. The van der Waals surface area contributed by atoms with E-state index in [2.05, 4.69) is 5.32 Å². The van der Waals surface area contributed by atoms with Crippen LogP contribution >= 0.6 is 0 Å². The second-order valence-electron chi connectivity index (χ2n) is 5.98. The largest absolute Gasteiger partial charge is 0.396 e. The first kappa shape index (κ1) is 16.4. The van der Waals surface area contributed by atoms with Crippen LogP contribution in [0.5, 0.6) is 0 Å². The summed E-state index contributed by atoms with van der Waals surface area (Å²) < 4.78 is 26.4. The third-order valence-electron chi connectivity index (χ3n) is 2.68. The molecule has 112 valence electrons. The number of hydrogen-bond acceptors (Lipinski definition) is 3. The second kappa shape index (κ2) is 6.17. The number of carbonyl (C=O) groups excluding carboxylic acids is 1. The van der Waals surface area contributed by atoms with Crippen LogP contribution in [0.15, 0.2) is 12.1 Å². The summed E-state index contributed by atoms with van der Waals surface area (Å²) in [6, 6.07) is 1.51. The Morgan fingerprint density at radius 3 is 2.50 bits per heavy atom. The standard InChI is InChI=1S/C14H20F2N2O2/c1-14(2,3)6-8(19)7-18-13(20)9-4-12(17)11(16)5-10(9)15/h4-5,8,19H,6-7,17H2,1-3H3,(H,18,20). The van der Waals surface area contributed by atoms with Crippen LogP contribution in [0.3, 0.4) is 0 Å². The molecule has 0 spiro atoms. The molecule has 20 heavy (non-hydrogen) atoms. The molecule has 4 N–H and O–H groups in total. The smallest absolute Gasteiger partial charge is 0.254 e. The maximum absolute atomic E-state index is 13.5. The van der Waals surface area contributed by atoms with E-state index >= 15 is 0 Å². The minimum Gasteiger partial charge on any atom is -0.396 e. The van der Waals surface area contributed by atoms with Crippen molar-refractivity contribution >= 4 is 11.6 Å². The van der Waals surface area contributed by atoms with Gasteiger partial charge in [-0.1, -0.05) is 20.8 Å². The van der Waals surface area contributed by atoms with Crippen molar-refractivity contribution in [3.8, 4) is 0 Å². The summed E-state index contributed by atoms with van der Waals surface area (Å²) in [6.07, 6.45) is -0.249. The Morgan fingerprint density at radius 1 is 1.35 bits per heavy atom. The van der Waals surface area contributed by atoms with Gasteiger partial charge in [0.2, 0.25) is 0 Å². The zero-order valence-electron chi connectivity index (χ0n) is 11.8. The van der Waals surface area contributed by atoms with E-state index in [-0.39, 0.29) is 23.2 Å². The van der Waals surface area contributed by atoms with E-state index in [1.165, 1.54) is 0 Å². The first-order chi connectivity index (χ1) is 9.10. The minimum atomic E-state index is -0.987. The van der Waals surface area contributed by atoms with Gasteiger partial charge in [0.15, 0.2) is 0 Å². The zero-order chi connectivity index (χ0) is 15.5. The summed E-state index contributed by atoms with van der Waals surface area (Å²) in [5, 5.41) is 12.2. The van der Waals surface area contributed by atoms with Crippen molar-refractivity contribution in [2.45, 2.75) is 33.3 Å². The summed E-state index contributed by atoms with van der Waals surface area (Å²) >= 11 is 0. The van der Waals surface area contributed by atoms with Gasteiger partial charge >= 0.3 is 0 Å². The Labute approximate surface area is 117 Å². The van der Waals surface area contributed by atoms with Gasteiger partial charge in [-0.15, -0.1) is 0 Å². The summed E-state index contributed by atoms with van der Waals surface area (Å²) in [4.78, 5) is 11.8. The molecule has 0 aliphatic rings. The SMILES string of the molecule is CC(C)(C)CC(O)CNC(=O)c1cc(N)c(F)cc1F. The molecule has 0 aliphatic carbocycles. The van der Waals surface area contributed by atoms with Gasteiger partial charge < -0.3 is 16.2 Å². The van der Waals surface area contributed by atoms with Crippen molar-refractivity contribution in [3.63, 3.8) is 0 Å². The summed E-state index contributed by atoms with van der Waals surface area (Å²) in [7, 11) is 0. The van der Waals surface area contributed by atoms with Crippen LogP contribution in [-0.2, 0) is 0 Å². The van der Waals surface area contributed by atoms with Gasteiger partial charge in [0.1, 0.15) is 11.6 Å². The molecule has 0 bridgehead atoms. The highest BCUT2D eigenvalue weighted by molar-refractivity contribution is 5.95. The molecule has 0 aliphatic heterocycles. The van der Waals surface area contributed by atoms with Gasteiger partial charge in [-0.2, -0.15) is 0 Å². The van der Waals surface area contributed by atoms with Gasteiger partial charge in [-0.3, -0.25) is 4.79 Å². The van der Waals surface area contributed by atoms with Gasteiger partial charge in [-0.25, -0.2) is 8.78 Å². The number of carbonyl (C=O) groups is 1. The van der Waals surface area contributed by atoms with Crippen LogP contribution in [0.2, 0.25) is 0 Å². The van der Waals surface area contributed by atoms with Gasteiger partial charge in [0.05, 0.1) is 17.4 Å². The molecule has 0 radical (unpaired) electrons. The van der Waals surface area contributed by atoms with Gasteiger partial charge in [0, 0.05) is 12.6 Å². The third kappa shape index (κ3) is 4.77. The maximum atomic E-state index is 13.5. The molecule has 4 nitrogen and oxygen atoms in total. The lowest BCUT2D eigenvalue weighted by atomic mass is 9.89. The van der Waals surface area contributed by atoms with Crippen molar-refractivity contribution in [1.29, 1.82) is 0 Å². The zero-order valence-corrected chi connectivity index (χ0v) is 11.8. The quantitative estimate of drug-likeness (QED) is 0.742. The van der Waals surface area contributed by atoms with Crippen molar-refractivity contribution in [1.82, 2.24) is 5.32 Å². The van der Waals surface area contributed by atoms with Crippen LogP contribution in [0.4, 0.5) is 14.5 Å². The van der Waals surface area contributed by atoms with E-state index in [4.69, 9.17) is 5.73 Å². The topological polar surface area (TPSA) is 75.3 Å². The van der Waals surface area contributed by atoms with Crippen molar-refractivity contribution in [2.24, 2.45) is 5.41 Å². The Kier molecular flexibility index (Phi) is 5.05. The highest BCUT2D eigenvalue weighted by atomic mass is 19.1. The van der Waals surface area contributed by atoms with E-state index in [0.717, 1.165) is 6.07 Å². The number of aliphatic hydroxyl groups is 1. The number of rotatable bonds is 4. The van der Waals surface area contributed by atoms with Crippen LogP contribution in [0, 0.1) is 17.0 Å². The lowest BCUT2D eigenvalue weighted by Gasteiger charge is -2.22. The van der Waals surface area contributed by atoms with E-state index in [9.17, 15) is 18.7 Å². The molecule has 6 heteroatoms. The monoisotopic (exact) mass is 286 g/mol. The van der Waals surface area contributed by atoms with Crippen LogP contribution in [0.1, 0.15) is 37.6 Å². The molecule has 1 aromatic carbocycles. The number of nitrogens with one attached hydrogen (secondary N) is 1. The number of aliphatic hydroxyl groups excluding tert-OH is 1. The number of nitrogen functional groups attached to an aromatic ring is 1. The van der Waals surface area contributed by atoms with Crippen LogP contribution in [-0.4, -0.2) is 23.7 Å². The average Bonchev–Trinajstić information content (AvgIpc) is 2.28. The molecule has 1 aromatic rings. The Hall–Kier alpha value is -1.69. The Bertz CT molecular complexity index is 499. The predicted octanol–water partition coefficient (Wildman–Crippen LogP) is 2.07. The second-order valence-corrected chi connectivity index (χ2v) is 5.98. The van der Waals surface area contributed by atoms with Crippen molar-refractivity contribution in [2.75, 3.05) is 12.3 Å². The van der Waals surface area contributed by atoms with E-state index in [1.54, 1.807) is 0 Å². The number of amides is 1. The fourth-order valence-electron chi connectivity index (χ4n) is 1.82. The Balaban J connectivity index is 2.66. The first-order valence-electron chi connectivity index (χ1n) is 6.31. The van der Waals surface area contributed by atoms with Gasteiger partial charge in [0.25, 0.3) is 5.91 Å².